The number of rotatable bonds is 4. The van der Waals surface area contributed by atoms with Crippen molar-refractivity contribution in [1.29, 1.82) is 0 Å². The second-order valence-electron chi connectivity index (χ2n) is 4.62. The smallest absolute Gasteiger partial charge is 0.182 e. The molecule has 0 amide bonds. The van der Waals surface area contributed by atoms with Crippen molar-refractivity contribution < 1.29 is 8.42 Å². The molecule has 0 aliphatic rings. The van der Waals surface area contributed by atoms with Gasteiger partial charge in [-0.25, -0.2) is 13.1 Å². The lowest BCUT2D eigenvalue weighted by molar-refractivity contribution is 0.509. The first-order chi connectivity index (χ1) is 9.28. The monoisotopic (exact) mass is 359 g/mol. The maximum Gasteiger partial charge on any atom is 0.182 e. The van der Waals surface area contributed by atoms with E-state index in [1.54, 1.807) is 19.1 Å². The van der Waals surface area contributed by atoms with Crippen molar-refractivity contribution in [2.75, 3.05) is 17.7 Å². The van der Waals surface area contributed by atoms with Crippen LogP contribution in [0.1, 0.15) is 13.0 Å². The number of nitrogens with zero attached hydrogens (tertiary/aromatic N) is 4. The SMILES string of the molecule is CC(CS(C)(=O)=O)n1nnnc1-c1ccc(Br)c(N)c1. The highest BCUT2D eigenvalue weighted by Crippen LogP contribution is 2.26. The Labute approximate surface area is 125 Å². The molecular formula is C11H14BrN5O2S. The lowest BCUT2D eigenvalue weighted by Gasteiger charge is -2.12. The van der Waals surface area contributed by atoms with Gasteiger partial charge in [0, 0.05) is 22.0 Å². The van der Waals surface area contributed by atoms with Crippen molar-refractivity contribution in [2.45, 2.75) is 13.0 Å². The van der Waals surface area contributed by atoms with Gasteiger partial charge in [-0.05, 0) is 51.5 Å². The van der Waals surface area contributed by atoms with Gasteiger partial charge in [0.2, 0.25) is 0 Å². The fraction of sp³-hybridized carbons (Fsp3) is 0.364. The highest BCUT2D eigenvalue weighted by atomic mass is 79.9. The van der Waals surface area contributed by atoms with Gasteiger partial charge >= 0.3 is 0 Å². The topological polar surface area (TPSA) is 104 Å². The first-order valence-electron chi connectivity index (χ1n) is 5.79. The molecule has 2 rings (SSSR count). The Morgan fingerprint density at radius 3 is 2.75 bits per heavy atom. The Morgan fingerprint density at radius 1 is 1.45 bits per heavy atom. The quantitative estimate of drug-likeness (QED) is 0.824. The van der Waals surface area contributed by atoms with Gasteiger partial charge < -0.3 is 5.73 Å². The molecule has 9 heteroatoms. The van der Waals surface area contributed by atoms with Gasteiger partial charge in [0.1, 0.15) is 9.84 Å². The van der Waals surface area contributed by atoms with Crippen LogP contribution < -0.4 is 5.73 Å². The van der Waals surface area contributed by atoms with Gasteiger partial charge in [0.25, 0.3) is 0 Å². The minimum atomic E-state index is -3.11. The molecule has 0 saturated carbocycles. The van der Waals surface area contributed by atoms with Crippen molar-refractivity contribution in [1.82, 2.24) is 20.2 Å². The third kappa shape index (κ3) is 3.34. The average molecular weight is 360 g/mol. The first kappa shape index (κ1) is 14.9. The number of aromatic nitrogens is 4. The van der Waals surface area contributed by atoms with Gasteiger partial charge in [-0.2, -0.15) is 0 Å². The fourth-order valence-electron chi connectivity index (χ4n) is 1.87. The van der Waals surface area contributed by atoms with Crippen LogP contribution in [0.2, 0.25) is 0 Å². The summed E-state index contributed by atoms with van der Waals surface area (Å²) in [7, 11) is -3.11. The Balaban J connectivity index is 2.39. The second-order valence-corrected chi connectivity index (χ2v) is 7.66. The molecule has 0 aliphatic carbocycles. The van der Waals surface area contributed by atoms with Crippen molar-refractivity contribution in [3.8, 4) is 11.4 Å². The summed E-state index contributed by atoms with van der Waals surface area (Å²) in [5, 5.41) is 11.4. The van der Waals surface area contributed by atoms with Crippen LogP contribution in [-0.2, 0) is 9.84 Å². The number of tetrazole rings is 1. The van der Waals surface area contributed by atoms with E-state index in [9.17, 15) is 8.42 Å². The van der Waals surface area contributed by atoms with Crippen LogP contribution in [0.4, 0.5) is 5.69 Å². The first-order valence-corrected chi connectivity index (χ1v) is 8.64. The van der Waals surface area contributed by atoms with Crippen molar-refractivity contribution in [3.05, 3.63) is 22.7 Å². The summed E-state index contributed by atoms with van der Waals surface area (Å²) < 4.78 is 25.0. The molecule has 7 nitrogen and oxygen atoms in total. The van der Waals surface area contributed by atoms with Crippen LogP contribution in [0.15, 0.2) is 22.7 Å². The highest BCUT2D eigenvalue weighted by Gasteiger charge is 2.19. The van der Waals surface area contributed by atoms with E-state index in [0.717, 1.165) is 10.0 Å². The number of sulfone groups is 1. The van der Waals surface area contributed by atoms with Crippen LogP contribution >= 0.6 is 15.9 Å². The summed E-state index contributed by atoms with van der Waals surface area (Å²) in [4.78, 5) is 0. The van der Waals surface area contributed by atoms with E-state index in [4.69, 9.17) is 5.73 Å². The van der Waals surface area contributed by atoms with E-state index in [2.05, 4.69) is 31.5 Å². The van der Waals surface area contributed by atoms with Gasteiger partial charge in [-0.3, -0.25) is 0 Å². The number of anilines is 1. The molecule has 0 bridgehead atoms. The van der Waals surface area contributed by atoms with Gasteiger partial charge in [-0.15, -0.1) is 5.10 Å². The molecular weight excluding hydrogens is 346 g/mol. The Bertz CT molecular complexity index is 728. The average Bonchev–Trinajstić information content (AvgIpc) is 2.79. The van der Waals surface area contributed by atoms with E-state index in [1.807, 2.05) is 6.07 Å². The van der Waals surface area contributed by atoms with Crippen LogP contribution in [0.3, 0.4) is 0 Å². The van der Waals surface area contributed by atoms with E-state index < -0.39 is 9.84 Å². The van der Waals surface area contributed by atoms with Crippen LogP contribution in [0.25, 0.3) is 11.4 Å². The normalized spacial score (nSPS) is 13.3. The summed E-state index contributed by atoms with van der Waals surface area (Å²) in [6.45, 7) is 1.75. The predicted molar refractivity (Wildman–Crippen MR) is 79.8 cm³/mol. The minimum Gasteiger partial charge on any atom is -0.398 e. The minimum absolute atomic E-state index is 0.0307. The molecule has 2 aromatic rings. The highest BCUT2D eigenvalue weighted by molar-refractivity contribution is 9.10. The third-order valence-electron chi connectivity index (χ3n) is 2.71. The molecule has 1 heterocycles. The summed E-state index contributed by atoms with van der Waals surface area (Å²) >= 11 is 3.32. The molecule has 1 aromatic carbocycles. The Morgan fingerprint density at radius 2 is 2.15 bits per heavy atom. The van der Waals surface area contributed by atoms with Crippen LogP contribution in [0, 0.1) is 0 Å². The van der Waals surface area contributed by atoms with Gasteiger partial charge in [0.15, 0.2) is 5.82 Å². The lowest BCUT2D eigenvalue weighted by Crippen LogP contribution is -2.18. The largest absolute Gasteiger partial charge is 0.398 e. The molecule has 0 fully saturated rings. The van der Waals surface area contributed by atoms with E-state index in [0.29, 0.717) is 11.5 Å². The van der Waals surface area contributed by atoms with E-state index in [1.165, 1.54) is 10.9 Å². The summed E-state index contributed by atoms with van der Waals surface area (Å²) in [6.07, 6.45) is 1.19. The molecule has 0 radical (unpaired) electrons. The maximum absolute atomic E-state index is 11.4. The molecule has 2 N–H and O–H groups in total. The molecule has 0 spiro atoms. The number of benzene rings is 1. The Kier molecular flexibility index (Phi) is 4.09. The van der Waals surface area contributed by atoms with Crippen LogP contribution in [0.5, 0.6) is 0 Å². The summed E-state index contributed by atoms with van der Waals surface area (Å²) in [5.41, 5.74) is 7.13. The number of nitrogen functional groups attached to an aromatic ring is 1. The standard InChI is InChI=1S/C11H14BrN5O2S/c1-7(6-20(2,18)19)17-11(14-15-16-17)8-3-4-9(12)10(13)5-8/h3-5,7H,6,13H2,1-2H3. The van der Waals surface area contributed by atoms with Crippen molar-refractivity contribution in [2.24, 2.45) is 0 Å². The summed E-state index contributed by atoms with van der Waals surface area (Å²) in [5.74, 6) is 0.456. The van der Waals surface area contributed by atoms with Crippen molar-refractivity contribution in [3.63, 3.8) is 0 Å². The predicted octanol–water partition coefficient (Wildman–Crippen LogP) is 1.29. The van der Waals surface area contributed by atoms with E-state index in [-0.39, 0.29) is 11.8 Å². The maximum atomic E-state index is 11.4. The van der Waals surface area contributed by atoms with Gasteiger partial charge in [0.05, 0.1) is 11.8 Å². The molecule has 1 aromatic heterocycles. The third-order valence-corrected chi connectivity index (χ3v) is 4.52. The molecule has 108 valence electrons. The summed E-state index contributed by atoms with van der Waals surface area (Å²) in [6, 6.07) is 4.99. The number of halogens is 1. The molecule has 1 unspecified atom stereocenters. The number of hydrogen-bond donors (Lipinski definition) is 1. The lowest BCUT2D eigenvalue weighted by atomic mass is 10.2. The molecule has 1 atom stereocenters. The van der Waals surface area contributed by atoms with Gasteiger partial charge in [-0.1, -0.05) is 0 Å². The number of nitrogens with two attached hydrogens (primary N) is 1. The number of hydrogen-bond acceptors (Lipinski definition) is 6. The molecule has 0 saturated heterocycles. The zero-order valence-corrected chi connectivity index (χ0v) is 13.4. The fourth-order valence-corrected chi connectivity index (χ4v) is 3.14. The zero-order valence-electron chi connectivity index (χ0n) is 11.0. The molecule has 20 heavy (non-hydrogen) atoms. The zero-order chi connectivity index (χ0) is 14.9. The van der Waals surface area contributed by atoms with E-state index >= 15 is 0 Å². The van der Waals surface area contributed by atoms with Crippen LogP contribution in [-0.4, -0.2) is 40.6 Å². The van der Waals surface area contributed by atoms with Crippen molar-refractivity contribution >= 4 is 31.5 Å². The Hall–Kier alpha value is -1.48. The molecule has 0 aliphatic heterocycles. The second kappa shape index (κ2) is 5.49.